The maximum absolute atomic E-state index is 12.3. The van der Waals surface area contributed by atoms with Gasteiger partial charge in [0.1, 0.15) is 0 Å². The van der Waals surface area contributed by atoms with Crippen molar-refractivity contribution in [2.75, 3.05) is 20.7 Å². The van der Waals surface area contributed by atoms with Crippen molar-refractivity contribution in [1.29, 1.82) is 0 Å². The van der Waals surface area contributed by atoms with Crippen LogP contribution in [0.25, 0.3) is 0 Å². The first-order valence-electron chi connectivity index (χ1n) is 11.0. The van der Waals surface area contributed by atoms with E-state index >= 15 is 0 Å². The van der Waals surface area contributed by atoms with Crippen molar-refractivity contribution in [1.82, 2.24) is 4.90 Å². The average molecular weight is 402 g/mol. The summed E-state index contributed by atoms with van der Waals surface area (Å²) in [7, 11) is 3.82. The molecule has 1 aromatic carbocycles. The maximum Gasteiger partial charge on any atom is 0.207 e. The Balaban J connectivity index is 1.61. The molecule has 0 amide bonds. The van der Waals surface area contributed by atoms with Crippen molar-refractivity contribution in [3.8, 4) is 11.5 Å². The Morgan fingerprint density at radius 3 is 2.62 bits per heavy atom. The monoisotopic (exact) mass is 401 g/mol. The van der Waals surface area contributed by atoms with Crippen LogP contribution in [0.15, 0.2) is 12.1 Å². The van der Waals surface area contributed by atoms with Crippen LogP contribution in [-0.4, -0.2) is 66.5 Å². The molecule has 158 valence electrons. The fourth-order valence-corrected chi connectivity index (χ4v) is 7.37. The summed E-state index contributed by atoms with van der Waals surface area (Å²) in [5.41, 5.74) is 1.01. The van der Waals surface area contributed by atoms with Gasteiger partial charge in [-0.25, -0.2) is 0 Å². The molecule has 3 aliphatic heterocycles. The summed E-state index contributed by atoms with van der Waals surface area (Å²) in [6.45, 7) is 5.15. The van der Waals surface area contributed by atoms with Crippen molar-refractivity contribution >= 4 is 0 Å². The van der Waals surface area contributed by atoms with Gasteiger partial charge in [-0.3, -0.25) is 0 Å². The van der Waals surface area contributed by atoms with Crippen LogP contribution in [0, 0.1) is 0 Å². The fourth-order valence-electron chi connectivity index (χ4n) is 7.37. The highest BCUT2D eigenvalue weighted by molar-refractivity contribution is 5.63. The third-order valence-corrected chi connectivity index (χ3v) is 8.40. The summed E-state index contributed by atoms with van der Waals surface area (Å²) in [6, 6.07) is 4.24. The lowest BCUT2D eigenvalue weighted by molar-refractivity contribution is -0.378. The van der Waals surface area contributed by atoms with E-state index in [1.165, 1.54) is 5.56 Å². The molecule has 6 nitrogen and oxygen atoms in total. The third kappa shape index (κ3) is 2.02. The van der Waals surface area contributed by atoms with Gasteiger partial charge in [0.25, 0.3) is 0 Å². The van der Waals surface area contributed by atoms with E-state index in [0.717, 1.165) is 42.9 Å². The van der Waals surface area contributed by atoms with Crippen LogP contribution < -0.4 is 9.47 Å². The second-order valence-electron chi connectivity index (χ2n) is 9.88. The zero-order chi connectivity index (χ0) is 20.2. The number of aliphatic hydroxyl groups is 1. The van der Waals surface area contributed by atoms with Crippen LogP contribution in [0.2, 0.25) is 0 Å². The number of hydrogen-bond donors (Lipinski definition) is 1. The number of methoxy groups -OCH3 is 1. The molecule has 3 heterocycles. The number of likely N-dealkylation sites (tertiary alicyclic amines) is 1. The van der Waals surface area contributed by atoms with Crippen molar-refractivity contribution in [3.63, 3.8) is 0 Å². The van der Waals surface area contributed by atoms with E-state index in [4.69, 9.17) is 18.9 Å². The molecule has 1 N–H and O–H groups in total. The molecule has 1 aromatic rings. The van der Waals surface area contributed by atoms with Crippen molar-refractivity contribution in [3.05, 3.63) is 23.3 Å². The van der Waals surface area contributed by atoms with E-state index in [2.05, 4.69) is 31.9 Å². The number of hydrogen-bond acceptors (Lipinski definition) is 6. The van der Waals surface area contributed by atoms with Crippen LogP contribution in [0.5, 0.6) is 11.5 Å². The van der Waals surface area contributed by atoms with Crippen molar-refractivity contribution in [2.45, 2.75) is 87.1 Å². The van der Waals surface area contributed by atoms with Crippen LogP contribution in [0.4, 0.5) is 0 Å². The van der Waals surface area contributed by atoms with Crippen LogP contribution in [-0.2, 0) is 21.3 Å². The van der Waals surface area contributed by atoms with E-state index < -0.39 is 16.8 Å². The average Bonchev–Trinajstić information content (AvgIpc) is 3.03. The Labute approximate surface area is 172 Å². The number of benzene rings is 1. The lowest BCUT2D eigenvalue weighted by Crippen LogP contribution is -2.80. The van der Waals surface area contributed by atoms with Gasteiger partial charge < -0.3 is 29.0 Å². The van der Waals surface area contributed by atoms with E-state index in [0.29, 0.717) is 12.8 Å². The molecule has 2 bridgehead atoms. The Morgan fingerprint density at radius 2 is 1.90 bits per heavy atom. The predicted molar refractivity (Wildman–Crippen MR) is 106 cm³/mol. The molecule has 2 spiro atoms. The Hall–Kier alpha value is -1.34. The number of likely N-dealkylation sites (N-methyl/N-ethyl adjacent to an activating group) is 1. The highest BCUT2D eigenvalue weighted by Crippen LogP contribution is 2.68. The standard InChI is InChI=1S/C23H31NO5/c1-13-11-14(2)29-23(28-13)8-7-22(25)17-12-15-5-6-16(26-4)19-18(15)21(22,20(23)27-19)9-10-24(17)3/h5-6,13-14,17,20,25H,7-12H2,1-4H3/t13-,14-,17+,20?,21-,22?/m0/s1. The van der Waals surface area contributed by atoms with E-state index in [1.54, 1.807) is 7.11 Å². The van der Waals surface area contributed by atoms with Gasteiger partial charge in [0.2, 0.25) is 5.79 Å². The molecule has 1 saturated carbocycles. The first-order valence-corrected chi connectivity index (χ1v) is 11.0. The van der Waals surface area contributed by atoms with Gasteiger partial charge >= 0.3 is 0 Å². The van der Waals surface area contributed by atoms with Gasteiger partial charge in [-0.05, 0) is 64.8 Å². The normalized spacial score (nSPS) is 47.6. The van der Waals surface area contributed by atoms with E-state index in [1.807, 2.05) is 6.07 Å². The largest absolute Gasteiger partial charge is 0.493 e. The van der Waals surface area contributed by atoms with Gasteiger partial charge in [0.05, 0.1) is 30.3 Å². The van der Waals surface area contributed by atoms with Crippen LogP contribution in [0.3, 0.4) is 0 Å². The van der Waals surface area contributed by atoms with Crippen molar-refractivity contribution < 1.29 is 24.1 Å². The molecule has 2 saturated heterocycles. The highest BCUT2D eigenvalue weighted by Gasteiger charge is 2.77. The molecule has 0 radical (unpaired) electrons. The molecule has 6 heteroatoms. The SMILES string of the molecule is COc1ccc2c3c1OC1C4(CCC5(O)[C@@H](C2)N(C)CC[C@]315)O[C@@H](C)C[C@H](C)O4. The molecule has 6 atom stereocenters. The second-order valence-corrected chi connectivity index (χ2v) is 9.88. The van der Waals surface area contributed by atoms with Gasteiger partial charge in [0, 0.05) is 18.0 Å². The lowest BCUT2D eigenvalue weighted by Gasteiger charge is -2.66. The first kappa shape index (κ1) is 18.4. The summed E-state index contributed by atoms with van der Waals surface area (Å²) >= 11 is 0. The Morgan fingerprint density at radius 1 is 1.14 bits per heavy atom. The van der Waals surface area contributed by atoms with Gasteiger partial charge in [-0.2, -0.15) is 0 Å². The molecule has 6 rings (SSSR count). The number of piperidine rings is 1. The van der Waals surface area contributed by atoms with Gasteiger partial charge in [0.15, 0.2) is 17.6 Å². The summed E-state index contributed by atoms with van der Waals surface area (Å²) in [4.78, 5) is 2.33. The molecule has 2 aliphatic carbocycles. The maximum atomic E-state index is 12.3. The third-order valence-electron chi connectivity index (χ3n) is 8.40. The molecule has 29 heavy (non-hydrogen) atoms. The minimum Gasteiger partial charge on any atom is -0.493 e. The van der Waals surface area contributed by atoms with E-state index in [-0.39, 0.29) is 24.4 Å². The summed E-state index contributed by atoms with van der Waals surface area (Å²) in [5.74, 6) is 0.692. The highest BCUT2D eigenvalue weighted by atomic mass is 16.7. The zero-order valence-corrected chi connectivity index (χ0v) is 17.7. The summed E-state index contributed by atoms with van der Waals surface area (Å²) < 4.78 is 25.5. The zero-order valence-electron chi connectivity index (χ0n) is 17.7. The number of fused-ring (bicyclic) bond motifs is 1. The molecule has 3 fully saturated rings. The van der Waals surface area contributed by atoms with E-state index in [9.17, 15) is 5.11 Å². The molecular weight excluding hydrogens is 370 g/mol. The quantitative estimate of drug-likeness (QED) is 0.780. The molecular formula is C23H31NO5. The minimum absolute atomic E-state index is 0.0741. The van der Waals surface area contributed by atoms with Crippen molar-refractivity contribution in [2.24, 2.45) is 0 Å². The molecule has 0 aromatic heterocycles. The lowest BCUT2D eigenvalue weighted by atomic mass is 9.48. The summed E-state index contributed by atoms with van der Waals surface area (Å²) in [6.07, 6.45) is 3.64. The minimum atomic E-state index is -0.864. The number of ether oxygens (including phenoxy) is 4. The summed E-state index contributed by atoms with van der Waals surface area (Å²) in [5, 5.41) is 12.3. The number of nitrogens with zero attached hydrogens (tertiary/aromatic N) is 1. The molecule has 5 aliphatic rings. The van der Waals surface area contributed by atoms with Gasteiger partial charge in [-0.1, -0.05) is 6.07 Å². The fraction of sp³-hybridized carbons (Fsp3) is 0.739. The smallest absolute Gasteiger partial charge is 0.207 e. The van der Waals surface area contributed by atoms with Crippen LogP contribution >= 0.6 is 0 Å². The topological polar surface area (TPSA) is 60.4 Å². The molecule has 2 unspecified atom stereocenters. The first-order chi connectivity index (χ1) is 13.8. The van der Waals surface area contributed by atoms with Crippen LogP contribution in [0.1, 0.15) is 50.7 Å². The Bertz CT molecular complexity index is 863. The predicted octanol–water partition coefficient (Wildman–Crippen LogP) is 2.39. The number of rotatable bonds is 1. The second kappa shape index (κ2) is 5.67. The van der Waals surface area contributed by atoms with Gasteiger partial charge in [-0.15, -0.1) is 0 Å². The Kier molecular flexibility index (Phi) is 3.60.